The Morgan fingerprint density at radius 1 is 1.08 bits per heavy atom. The minimum Gasteiger partial charge on any atom is -0.355 e. The third-order valence-corrected chi connectivity index (χ3v) is 4.96. The number of rotatable bonds is 7. The molecule has 0 unspecified atom stereocenters. The standard InChI is InChI=1S/C20H22N4OS/c1-3-21-19(25)15(2)26-20-23-22-18(14-16-10-6-4-7-11-16)24(20)17-12-8-5-9-13-17/h4-13,15H,3,14H2,1-2H3,(H,21,25)/t15-/m1/s1. The molecule has 0 aliphatic heterocycles. The Hall–Kier alpha value is -2.60. The summed E-state index contributed by atoms with van der Waals surface area (Å²) in [6.45, 7) is 4.42. The second-order valence-corrected chi connectivity index (χ2v) is 7.19. The highest BCUT2D eigenvalue weighted by atomic mass is 32.2. The van der Waals surface area contributed by atoms with E-state index < -0.39 is 0 Å². The molecule has 2 aromatic carbocycles. The summed E-state index contributed by atoms with van der Waals surface area (Å²) in [4.78, 5) is 12.1. The van der Waals surface area contributed by atoms with E-state index in [0.29, 0.717) is 13.0 Å². The molecule has 0 spiro atoms. The van der Waals surface area contributed by atoms with Crippen LogP contribution in [0.15, 0.2) is 65.8 Å². The summed E-state index contributed by atoms with van der Waals surface area (Å²) < 4.78 is 2.04. The Bertz CT molecular complexity index is 849. The second kappa shape index (κ2) is 8.67. The molecule has 3 rings (SSSR count). The molecule has 1 aromatic heterocycles. The van der Waals surface area contributed by atoms with E-state index >= 15 is 0 Å². The van der Waals surface area contributed by atoms with Crippen molar-refractivity contribution >= 4 is 17.7 Å². The van der Waals surface area contributed by atoms with Gasteiger partial charge in [-0.2, -0.15) is 0 Å². The van der Waals surface area contributed by atoms with Gasteiger partial charge in [-0.1, -0.05) is 60.3 Å². The Labute approximate surface area is 157 Å². The van der Waals surface area contributed by atoms with Gasteiger partial charge in [0.1, 0.15) is 5.82 Å². The molecule has 0 bridgehead atoms. The third-order valence-electron chi connectivity index (χ3n) is 3.92. The maximum absolute atomic E-state index is 12.1. The topological polar surface area (TPSA) is 59.8 Å². The smallest absolute Gasteiger partial charge is 0.233 e. The fourth-order valence-corrected chi connectivity index (χ4v) is 3.55. The number of nitrogens with one attached hydrogen (secondary N) is 1. The summed E-state index contributed by atoms with van der Waals surface area (Å²) in [5.74, 6) is 0.859. The molecular weight excluding hydrogens is 344 g/mol. The van der Waals surface area contributed by atoms with Crippen LogP contribution in [0.1, 0.15) is 25.2 Å². The van der Waals surface area contributed by atoms with Crippen molar-refractivity contribution in [2.45, 2.75) is 30.7 Å². The highest BCUT2D eigenvalue weighted by molar-refractivity contribution is 8.00. The number of thioether (sulfide) groups is 1. The van der Waals surface area contributed by atoms with Gasteiger partial charge in [0.15, 0.2) is 5.16 Å². The van der Waals surface area contributed by atoms with Crippen molar-refractivity contribution in [2.24, 2.45) is 0 Å². The molecule has 0 aliphatic carbocycles. The van der Waals surface area contributed by atoms with Gasteiger partial charge in [-0.25, -0.2) is 0 Å². The predicted molar refractivity (Wildman–Crippen MR) is 105 cm³/mol. The Kier molecular flexibility index (Phi) is 6.07. The molecule has 0 radical (unpaired) electrons. The van der Waals surface area contributed by atoms with Crippen molar-refractivity contribution in [1.82, 2.24) is 20.1 Å². The molecule has 134 valence electrons. The average molecular weight is 366 g/mol. The minimum atomic E-state index is -0.244. The summed E-state index contributed by atoms with van der Waals surface area (Å²) in [5.41, 5.74) is 2.17. The van der Waals surface area contributed by atoms with Crippen LogP contribution in [0.3, 0.4) is 0 Å². The van der Waals surface area contributed by atoms with E-state index in [1.807, 2.05) is 66.9 Å². The minimum absolute atomic E-state index is 0.00437. The molecule has 1 N–H and O–H groups in total. The van der Waals surface area contributed by atoms with E-state index in [-0.39, 0.29) is 11.2 Å². The number of para-hydroxylation sites is 1. The fourth-order valence-electron chi connectivity index (χ4n) is 2.64. The summed E-state index contributed by atoms with van der Waals surface area (Å²) in [6, 6.07) is 20.2. The first-order chi connectivity index (χ1) is 12.7. The Balaban J connectivity index is 1.93. The summed E-state index contributed by atoms with van der Waals surface area (Å²) in [7, 11) is 0. The maximum atomic E-state index is 12.1. The van der Waals surface area contributed by atoms with Gasteiger partial charge < -0.3 is 5.32 Å². The molecule has 1 atom stereocenters. The van der Waals surface area contributed by atoms with E-state index in [9.17, 15) is 4.79 Å². The SMILES string of the molecule is CCNC(=O)[C@@H](C)Sc1nnc(Cc2ccccc2)n1-c1ccccc1. The zero-order valence-electron chi connectivity index (χ0n) is 14.9. The predicted octanol–water partition coefficient (Wildman–Crippen LogP) is 3.47. The number of carbonyl (C=O) groups excluding carboxylic acids is 1. The van der Waals surface area contributed by atoms with Gasteiger partial charge in [0, 0.05) is 18.7 Å². The first-order valence-electron chi connectivity index (χ1n) is 8.67. The summed E-state index contributed by atoms with van der Waals surface area (Å²) in [5, 5.41) is 12.1. The van der Waals surface area contributed by atoms with Crippen LogP contribution in [0.2, 0.25) is 0 Å². The molecular formula is C20H22N4OS. The van der Waals surface area contributed by atoms with Crippen LogP contribution in [-0.4, -0.2) is 32.5 Å². The van der Waals surface area contributed by atoms with Gasteiger partial charge in [-0.05, 0) is 31.5 Å². The monoisotopic (exact) mass is 366 g/mol. The lowest BCUT2D eigenvalue weighted by atomic mass is 10.1. The van der Waals surface area contributed by atoms with E-state index in [1.54, 1.807) is 0 Å². The lowest BCUT2D eigenvalue weighted by Gasteiger charge is -2.13. The molecule has 6 heteroatoms. The van der Waals surface area contributed by atoms with Crippen molar-refractivity contribution in [3.05, 3.63) is 72.1 Å². The van der Waals surface area contributed by atoms with E-state index in [0.717, 1.165) is 16.7 Å². The van der Waals surface area contributed by atoms with E-state index in [4.69, 9.17) is 0 Å². The second-order valence-electron chi connectivity index (χ2n) is 5.89. The summed E-state index contributed by atoms with van der Waals surface area (Å²) >= 11 is 1.42. The zero-order chi connectivity index (χ0) is 18.4. The number of carbonyl (C=O) groups is 1. The lowest BCUT2D eigenvalue weighted by molar-refractivity contribution is -0.120. The third kappa shape index (κ3) is 4.32. The van der Waals surface area contributed by atoms with Crippen LogP contribution < -0.4 is 5.32 Å². The van der Waals surface area contributed by atoms with Gasteiger partial charge in [0.2, 0.25) is 5.91 Å². The Morgan fingerprint density at radius 2 is 1.73 bits per heavy atom. The summed E-state index contributed by atoms with van der Waals surface area (Å²) in [6.07, 6.45) is 0.679. The molecule has 3 aromatic rings. The number of benzene rings is 2. The van der Waals surface area contributed by atoms with Gasteiger partial charge >= 0.3 is 0 Å². The van der Waals surface area contributed by atoms with Crippen LogP contribution in [-0.2, 0) is 11.2 Å². The van der Waals surface area contributed by atoms with Crippen LogP contribution >= 0.6 is 11.8 Å². The molecule has 0 aliphatic rings. The fraction of sp³-hybridized carbons (Fsp3) is 0.250. The zero-order valence-corrected chi connectivity index (χ0v) is 15.7. The van der Waals surface area contributed by atoms with Crippen LogP contribution in [0.4, 0.5) is 0 Å². The largest absolute Gasteiger partial charge is 0.355 e. The van der Waals surface area contributed by atoms with Gasteiger partial charge in [-0.3, -0.25) is 9.36 Å². The number of hydrogen-bond acceptors (Lipinski definition) is 4. The Morgan fingerprint density at radius 3 is 2.38 bits per heavy atom. The number of amides is 1. The van der Waals surface area contributed by atoms with Crippen molar-refractivity contribution in [1.29, 1.82) is 0 Å². The molecule has 1 amide bonds. The molecule has 5 nitrogen and oxygen atoms in total. The quantitative estimate of drug-likeness (QED) is 0.651. The lowest BCUT2D eigenvalue weighted by Crippen LogP contribution is -2.30. The number of aromatic nitrogens is 3. The highest BCUT2D eigenvalue weighted by Gasteiger charge is 2.20. The van der Waals surface area contributed by atoms with Crippen LogP contribution in [0.25, 0.3) is 5.69 Å². The number of hydrogen-bond donors (Lipinski definition) is 1. The highest BCUT2D eigenvalue weighted by Crippen LogP contribution is 2.26. The van der Waals surface area contributed by atoms with Gasteiger partial charge in [-0.15, -0.1) is 10.2 Å². The van der Waals surface area contributed by atoms with Gasteiger partial charge in [0.05, 0.1) is 5.25 Å². The average Bonchev–Trinajstić information content (AvgIpc) is 3.05. The van der Waals surface area contributed by atoms with Crippen LogP contribution in [0, 0.1) is 0 Å². The van der Waals surface area contributed by atoms with Crippen molar-refractivity contribution in [3.8, 4) is 5.69 Å². The van der Waals surface area contributed by atoms with E-state index in [2.05, 4.69) is 27.6 Å². The maximum Gasteiger partial charge on any atom is 0.233 e. The molecule has 0 saturated heterocycles. The molecule has 26 heavy (non-hydrogen) atoms. The molecule has 0 fully saturated rings. The first kappa shape index (κ1) is 18.2. The van der Waals surface area contributed by atoms with Crippen molar-refractivity contribution in [2.75, 3.05) is 6.54 Å². The number of nitrogens with zero attached hydrogens (tertiary/aromatic N) is 3. The van der Waals surface area contributed by atoms with Crippen molar-refractivity contribution < 1.29 is 4.79 Å². The van der Waals surface area contributed by atoms with Crippen LogP contribution in [0.5, 0.6) is 0 Å². The molecule has 1 heterocycles. The van der Waals surface area contributed by atoms with Gasteiger partial charge in [0.25, 0.3) is 0 Å². The normalized spacial score (nSPS) is 11.9. The van der Waals surface area contributed by atoms with Crippen molar-refractivity contribution in [3.63, 3.8) is 0 Å². The first-order valence-corrected chi connectivity index (χ1v) is 9.55. The van der Waals surface area contributed by atoms with E-state index in [1.165, 1.54) is 17.3 Å². The molecule has 0 saturated carbocycles.